The van der Waals surface area contributed by atoms with Gasteiger partial charge in [0, 0.05) is 6.42 Å². The average molecular weight is 256 g/mol. The average Bonchev–Trinajstić information content (AvgIpc) is 2.25. The number of carbonyl (C=O) groups is 1. The number of ether oxygens (including phenoxy) is 2. The molecule has 5 heteroatoms. The minimum Gasteiger partial charge on any atom is -0.462 e. The maximum absolute atomic E-state index is 11.8. The zero-order chi connectivity index (χ0) is 13.5. The molecule has 2 rings (SSSR count). The fourth-order valence-corrected chi connectivity index (χ4v) is 2.83. The smallest absolute Gasteiger partial charge is 0.314 e. The van der Waals surface area contributed by atoms with E-state index in [1.807, 2.05) is 6.92 Å². The fraction of sp³-hybridized carbons (Fsp3) is 0.769. The number of hydrogen-bond acceptors (Lipinski definition) is 5. The first-order valence-corrected chi connectivity index (χ1v) is 6.27. The molecule has 0 aromatic rings. The molecule has 2 fully saturated rings. The number of esters is 1. The zero-order valence-corrected chi connectivity index (χ0v) is 10.9. The van der Waals surface area contributed by atoms with Crippen molar-refractivity contribution in [3.05, 3.63) is 12.2 Å². The lowest BCUT2D eigenvalue weighted by molar-refractivity contribution is -0.250. The summed E-state index contributed by atoms with van der Waals surface area (Å²) in [5.74, 6) is -1.29. The van der Waals surface area contributed by atoms with Crippen LogP contribution in [-0.2, 0) is 14.3 Å². The van der Waals surface area contributed by atoms with Gasteiger partial charge >= 0.3 is 5.97 Å². The second-order valence-electron chi connectivity index (χ2n) is 5.28. The number of allylic oxidation sites excluding steroid dienone is 1. The largest absolute Gasteiger partial charge is 0.462 e. The van der Waals surface area contributed by atoms with E-state index in [0.717, 1.165) is 0 Å². The quantitative estimate of drug-likeness (QED) is 0.524. The van der Waals surface area contributed by atoms with Gasteiger partial charge in [0.15, 0.2) is 0 Å². The summed E-state index contributed by atoms with van der Waals surface area (Å²) in [7, 11) is 0. The first-order valence-electron chi connectivity index (χ1n) is 6.27. The molecule has 0 saturated carbocycles. The Hall–Kier alpha value is -0.910. The lowest BCUT2D eigenvalue weighted by atomic mass is 9.78. The Morgan fingerprint density at radius 2 is 2.11 bits per heavy atom. The number of cyclic esters (lactones) is 1. The van der Waals surface area contributed by atoms with Crippen molar-refractivity contribution >= 4 is 5.97 Å². The summed E-state index contributed by atoms with van der Waals surface area (Å²) in [6, 6.07) is 0. The predicted octanol–water partition coefficient (Wildman–Crippen LogP) is 0.393. The molecule has 2 aliphatic rings. The number of hydrogen-bond donors (Lipinski definition) is 2. The van der Waals surface area contributed by atoms with Crippen LogP contribution in [0.25, 0.3) is 0 Å². The van der Waals surface area contributed by atoms with Gasteiger partial charge in [0.1, 0.15) is 23.7 Å². The first-order chi connectivity index (χ1) is 8.39. The third kappa shape index (κ3) is 2.06. The van der Waals surface area contributed by atoms with Gasteiger partial charge in [0.2, 0.25) is 0 Å². The normalized spacial score (nSPS) is 48.9. The molecule has 0 bridgehead atoms. The van der Waals surface area contributed by atoms with Crippen LogP contribution in [0.3, 0.4) is 0 Å². The van der Waals surface area contributed by atoms with Gasteiger partial charge in [-0.05, 0) is 20.8 Å². The predicted molar refractivity (Wildman–Crippen MR) is 63.8 cm³/mol. The lowest BCUT2D eigenvalue weighted by Gasteiger charge is -2.49. The molecular formula is C13H20O5. The van der Waals surface area contributed by atoms with E-state index in [2.05, 4.69) is 0 Å². The van der Waals surface area contributed by atoms with E-state index in [1.165, 1.54) is 0 Å². The molecular weight excluding hydrogens is 236 g/mol. The standard InChI is InChI=1S/C13H20O5/c1-4-5-13(3)11(15)10(14)9-8(18-13)6-7(2)17-12(9)16/h4-5,7-11,14-15H,6H2,1-3H3/b5-4+/t7-,8+,9-,10+,11+,13-/m1/s1. The molecule has 0 aromatic carbocycles. The van der Waals surface area contributed by atoms with Crippen LogP contribution in [0.5, 0.6) is 0 Å². The molecule has 2 N–H and O–H groups in total. The van der Waals surface area contributed by atoms with Gasteiger partial charge in [0.25, 0.3) is 0 Å². The summed E-state index contributed by atoms with van der Waals surface area (Å²) >= 11 is 0. The lowest BCUT2D eigenvalue weighted by Crippen LogP contribution is -2.64. The van der Waals surface area contributed by atoms with Gasteiger partial charge in [-0.1, -0.05) is 12.2 Å². The Balaban J connectivity index is 2.29. The van der Waals surface area contributed by atoms with Gasteiger partial charge in [-0.2, -0.15) is 0 Å². The summed E-state index contributed by atoms with van der Waals surface area (Å²) in [6.07, 6.45) is 1.06. The van der Waals surface area contributed by atoms with Crippen LogP contribution in [0.1, 0.15) is 27.2 Å². The van der Waals surface area contributed by atoms with E-state index in [-0.39, 0.29) is 6.10 Å². The molecule has 6 atom stereocenters. The molecule has 0 unspecified atom stereocenters. The topological polar surface area (TPSA) is 76.0 Å². The highest BCUT2D eigenvalue weighted by molar-refractivity contribution is 5.75. The van der Waals surface area contributed by atoms with Crippen molar-refractivity contribution in [2.45, 2.75) is 57.2 Å². The van der Waals surface area contributed by atoms with Crippen molar-refractivity contribution in [1.29, 1.82) is 0 Å². The Morgan fingerprint density at radius 1 is 1.44 bits per heavy atom. The molecule has 102 valence electrons. The van der Waals surface area contributed by atoms with E-state index >= 15 is 0 Å². The summed E-state index contributed by atoms with van der Waals surface area (Å²) in [5, 5.41) is 20.2. The van der Waals surface area contributed by atoms with Crippen LogP contribution in [0.2, 0.25) is 0 Å². The van der Waals surface area contributed by atoms with Crippen molar-refractivity contribution in [3.63, 3.8) is 0 Å². The van der Waals surface area contributed by atoms with E-state index < -0.39 is 35.8 Å². The Labute approximate surface area is 106 Å². The summed E-state index contributed by atoms with van der Waals surface area (Å²) < 4.78 is 10.9. The Morgan fingerprint density at radius 3 is 2.72 bits per heavy atom. The molecule has 2 saturated heterocycles. The highest BCUT2D eigenvalue weighted by Crippen LogP contribution is 2.39. The molecule has 0 spiro atoms. The van der Waals surface area contributed by atoms with E-state index in [4.69, 9.17) is 9.47 Å². The van der Waals surface area contributed by atoms with Crippen LogP contribution in [0, 0.1) is 5.92 Å². The number of fused-ring (bicyclic) bond motifs is 1. The highest BCUT2D eigenvalue weighted by atomic mass is 16.6. The third-order valence-electron chi connectivity index (χ3n) is 3.74. The molecule has 2 aliphatic heterocycles. The summed E-state index contributed by atoms with van der Waals surface area (Å²) in [6.45, 7) is 5.32. The Kier molecular flexibility index (Phi) is 3.49. The molecule has 0 amide bonds. The third-order valence-corrected chi connectivity index (χ3v) is 3.74. The second-order valence-corrected chi connectivity index (χ2v) is 5.28. The number of rotatable bonds is 1. The van der Waals surface area contributed by atoms with Crippen molar-refractivity contribution in [2.75, 3.05) is 0 Å². The van der Waals surface area contributed by atoms with Gasteiger partial charge < -0.3 is 19.7 Å². The highest BCUT2D eigenvalue weighted by Gasteiger charge is 2.55. The van der Waals surface area contributed by atoms with Crippen LogP contribution in [0.15, 0.2) is 12.2 Å². The van der Waals surface area contributed by atoms with Crippen LogP contribution in [-0.4, -0.2) is 46.2 Å². The number of carbonyl (C=O) groups excluding carboxylic acids is 1. The fourth-order valence-electron chi connectivity index (χ4n) is 2.83. The van der Waals surface area contributed by atoms with Gasteiger partial charge in [0.05, 0.1) is 12.2 Å². The van der Waals surface area contributed by atoms with Crippen molar-refractivity contribution in [3.8, 4) is 0 Å². The van der Waals surface area contributed by atoms with Crippen molar-refractivity contribution in [1.82, 2.24) is 0 Å². The first kappa shape index (κ1) is 13.5. The maximum Gasteiger partial charge on any atom is 0.314 e. The van der Waals surface area contributed by atoms with Crippen molar-refractivity contribution < 1.29 is 24.5 Å². The zero-order valence-electron chi connectivity index (χ0n) is 10.9. The van der Waals surface area contributed by atoms with Gasteiger partial charge in [-0.25, -0.2) is 0 Å². The van der Waals surface area contributed by atoms with Crippen molar-refractivity contribution in [2.24, 2.45) is 5.92 Å². The van der Waals surface area contributed by atoms with Gasteiger partial charge in [-0.3, -0.25) is 4.79 Å². The number of aliphatic hydroxyl groups excluding tert-OH is 2. The Bertz CT molecular complexity index is 366. The molecule has 0 aromatic heterocycles. The van der Waals surface area contributed by atoms with Crippen LogP contribution >= 0.6 is 0 Å². The van der Waals surface area contributed by atoms with E-state index in [9.17, 15) is 15.0 Å². The number of aliphatic hydroxyl groups is 2. The second kappa shape index (κ2) is 4.64. The molecule has 18 heavy (non-hydrogen) atoms. The van der Waals surface area contributed by atoms with Crippen LogP contribution < -0.4 is 0 Å². The van der Waals surface area contributed by atoms with Gasteiger partial charge in [-0.15, -0.1) is 0 Å². The SMILES string of the molecule is C/C=C/[C@@]1(C)O[C@H]2C[C@@H](C)OC(=O)[C@H]2[C@H](O)[C@@H]1O. The molecule has 0 radical (unpaired) electrons. The minimum absolute atomic E-state index is 0.226. The summed E-state index contributed by atoms with van der Waals surface area (Å²) in [5.41, 5.74) is -0.966. The molecule has 2 heterocycles. The van der Waals surface area contributed by atoms with Crippen LogP contribution in [0.4, 0.5) is 0 Å². The maximum atomic E-state index is 11.8. The van der Waals surface area contributed by atoms with E-state index in [0.29, 0.717) is 6.42 Å². The monoisotopic (exact) mass is 256 g/mol. The minimum atomic E-state index is -1.16. The summed E-state index contributed by atoms with van der Waals surface area (Å²) in [4.78, 5) is 11.8. The van der Waals surface area contributed by atoms with E-state index in [1.54, 1.807) is 26.0 Å². The molecule has 5 nitrogen and oxygen atoms in total. The molecule has 0 aliphatic carbocycles.